The molecule has 4 nitrogen and oxygen atoms in total. The molecule has 1 atom stereocenters. The third kappa shape index (κ3) is 4.71. The van der Waals surface area contributed by atoms with Gasteiger partial charge in [0.25, 0.3) is 0 Å². The molecule has 0 fully saturated rings. The summed E-state index contributed by atoms with van der Waals surface area (Å²) in [7, 11) is 0. The van der Waals surface area contributed by atoms with Crippen LogP contribution in [0.3, 0.4) is 0 Å². The second-order valence-electron chi connectivity index (χ2n) is 4.11. The van der Waals surface area contributed by atoms with Gasteiger partial charge in [-0.2, -0.15) is 18.2 Å². The number of hydrogen-bond donors (Lipinski definition) is 1. The maximum atomic E-state index is 12.7. The number of aliphatic hydroxyl groups excluding tert-OH is 1. The minimum absolute atomic E-state index is 0.202. The number of nitrogens with zero attached hydrogens (tertiary/aromatic N) is 2. The minimum Gasteiger partial charge on any atom is -0.383 e. The molecule has 1 unspecified atom stereocenters. The molecule has 0 spiro atoms. The molecular formula is C12H10F4N2O2S. The lowest BCUT2D eigenvalue weighted by atomic mass is 10.2. The fraction of sp³-hybridized carbons (Fsp3) is 0.333. The molecule has 114 valence electrons. The van der Waals surface area contributed by atoms with Crippen molar-refractivity contribution in [3.8, 4) is 0 Å². The number of aliphatic hydroxyl groups is 1. The summed E-state index contributed by atoms with van der Waals surface area (Å²) < 4.78 is 53.9. The van der Waals surface area contributed by atoms with E-state index in [9.17, 15) is 17.6 Å². The van der Waals surface area contributed by atoms with E-state index in [1.54, 1.807) is 12.1 Å². The Morgan fingerprint density at radius 2 is 1.90 bits per heavy atom. The van der Waals surface area contributed by atoms with Crippen LogP contribution in [0.4, 0.5) is 17.6 Å². The van der Waals surface area contributed by atoms with E-state index in [1.807, 2.05) is 0 Å². The van der Waals surface area contributed by atoms with Gasteiger partial charge < -0.3 is 9.63 Å². The Morgan fingerprint density at radius 3 is 2.52 bits per heavy atom. The second kappa shape index (κ2) is 6.44. The number of rotatable bonds is 5. The van der Waals surface area contributed by atoms with Crippen LogP contribution in [0, 0.1) is 5.82 Å². The summed E-state index contributed by atoms with van der Waals surface area (Å²) >= 11 is 1.28. The van der Waals surface area contributed by atoms with Crippen molar-refractivity contribution in [1.82, 2.24) is 10.1 Å². The molecule has 0 aliphatic rings. The van der Waals surface area contributed by atoms with E-state index in [4.69, 9.17) is 5.11 Å². The first-order valence-corrected chi connectivity index (χ1v) is 6.78. The summed E-state index contributed by atoms with van der Waals surface area (Å²) in [6.07, 6.45) is -8.04. The van der Waals surface area contributed by atoms with Crippen LogP contribution < -0.4 is 0 Å². The topological polar surface area (TPSA) is 59.2 Å². The van der Waals surface area contributed by atoms with Crippen molar-refractivity contribution in [3.63, 3.8) is 0 Å². The molecule has 2 rings (SSSR count). The SMILES string of the molecule is OC(Cc1nc(CSc2ccc(F)cc2)no1)C(F)(F)F. The molecule has 0 saturated carbocycles. The highest BCUT2D eigenvalue weighted by atomic mass is 32.2. The van der Waals surface area contributed by atoms with E-state index < -0.39 is 18.7 Å². The van der Waals surface area contributed by atoms with Crippen LogP contribution in [0.25, 0.3) is 0 Å². The first-order valence-electron chi connectivity index (χ1n) is 5.79. The Kier molecular flexibility index (Phi) is 4.84. The third-order valence-corrected chi connectivity index (χ3v) is 3.45. The molecule has 2 aromatic rings. The lowest BCUT2D eigenvalue weighted by Gasteiger charge is -2.11. The summed E-state index contributed by atoms with van der Waals surface area (Å²) in [6.45, 7) is 0. The maximum absolute atomic E-state index is 12.7. The largest absolute Gasteiger partial charge is 0.414 e. The van der Waals surface area contributed by atoms with Gasteiger partial charge in [0.2, 0.25) is 5.89 Å². The van der Waals surface area contributed by atoms with Crippen LogP contribution in [-0.2, 0) is 12.2 Å². The van der Waals surface area contributed by atoms with Gasteiger partial charge in [-0.05, 0) is 24.3 Å². The fourth-order valence-corrected chi connectivity index (χ4v) is 2.13. The summed E-state index contributed by atoms with van der Waals surface area (Å²) in [5, 5.41) is 12.4. The molecular weight excluding hydrogens is 312 g/mol. The van der Waals surface area contributed by atoms with Gasteiger partial charge in [0.1, 0.15) is 5.82 Å². The number of aromatic nitrogens is 2. The van der Waals surface area contributed by atoms with E-state index in [0.717, 1.165) is 4.90 Å². The number of hydrogen-bond acceptors (Lipinski definition) is 5. The van der Waals surface area contributed by atoms with Crippen molar-refractivity contribution < 1.29 is 27.2 Å². The molecule has 21 heavy (non-hydrogen) atoms. The molecule has 1 aromatic carbocycles. The smallest absolute Gasteiger partial charge is 0.383 e. The van der Waals surface area contributed by atoms with Crippen molar-refractivity contribution in [1.29, 1.82) is 0 Å². The summed E-state index contributed by atoms with van der Waals surface area (Å²) in [6, 6.07) is 5.72. The zero-order valence-corrected chi connectivity index (χ0v) is 11.3. The van der Waals surface area contributed by atoms with Crippen LogP contribution in [0.15, 0.2) is 33.7 Å². The van der Waals surface area contributed by atoms with Gasteiger partial charge in [0, 0.05) is 4.90 Å². The monoisotopic (exact) mass is 322 g/mol. The Labute approximate surface area is 121 Å². The molecule has 0 saturated heterocycles. The van der Waals surface area contributed by atoms with Gasteiger partial charge in [-0.3, -0.25) is 0 Å². The summed E-state index contributed by atoms with van der Waals surface area (Å²) in [5.41, 5.74) is 0. The van der Waals surface area contributed by atoms with Gasteiger partial charge >= 0.3 is 6.18 Å². The van der Waals surface area contributed by atoms with Gasteiger partial charge in [0.15, 0.2) is 11.9 Å². The average Bonchev–Trinajstić information content (AvgIpc) is 2.85. The Hall–Kier alpha value is -1.61. The highest BCUT2D eigenvalue weighted by Gasteiger charge is 2.39. The van der Waals surface area contributed by atoms with Gasteiger partial charge in [-0.25, -0.2) is 4.39 Å². The average molecular weight is 322 g/mol. The molecule has 0 amide bonds. The van der Waals surface area contributed by atoms with E-state index in [0.29, 0.717) is 0 Å². The van der Waals surface area contributed by atoms with Crippen LogP contribution in [-0.4, -0.2) is 27.5 Å². The standard InChI is InChI=1S/C12H10F4N2O2S/c13-7-1-3-8(4-2-7)21-6-10-17-11(20-18-10)5-9(19)12(14,15)16/h1-4,9,19H,5-6H2. The van der Waals surface area contributed by atoms with Gasteiger partial charge in [0.05, 0.1) is 12.2 Å². The van der Waals surface area contributed by atoms with Crippen LogP contribution in [0.2, 0.25) is 0 Å². The lowest BCUT2D eigenvalue weighted by Crippen LogP contribution is -2.30. The number of thioether (sulfide) groups is 1. The Morgan fingerprint density at radius 1 is 1.24 bits per heavy atom. The molecule has 0 aliphatic heterocycles. The molecule has 0 aliphatic carbocycles. The van der Waals surface area contributed by atoms with Crippen molar-refractivity contribution >= 4 is 11.8 Å². The van der Waals surface area contributed by atoms with Crippen LogP contribution in [0.1, 0.15) is 11.7 Å². The van der Waals surface area contributed by atoms with Gasteiger partial charge in [-0.15, -0.1) is 11.8 Å². The highest BCUT2D eigenvalue weighted by Crippen LogP contribution is 2.24. The first kappa shape index (κ1) is 15.8. The molecule has 0 bridgehead atoms. The maximum Gasteiger partial charge on any atom is 0.414 e. The summed E-state index contributed by atoms with van der Waals surface area (Å²) in [5.74, 6) is -0.178. The van der Waals surface area contributed by atoms with E-state index in [1.165, 1.54) is 23.9 Å². The van der Waals surface area contributed by atoms with E-state index >= 15 is 0 Å². The quantitative estimate of drug-likeness (QED) is 0.677. The van der Waals surface area contributed by atoms with Crippen molar-refractivity contribution in [3.05, 3.63) is 41.8 Å². The van der Waals surface area contributed by atoms with Crippen molar-refractivity contribution in [2.24, 2.45) is 0 Å². The number of halogens is 4. The van der Waals surface area contributed by atoms with Crippen molar-refractivity contribution in [2.45, 2.75) is 29.3 Å². The summed E-state index contributed by atoms with van der Waals surface area (Å²) in [4.78, 5) is 4.53. The highest BCUT2D eigenvalue weighted by molar-refractivity contribution is 7.98. The van der Waals surface area contributed by atoms with Crippen molar-refractivity contribution in [2.75, 3.05) is 0 Å². The Balaban J connectivity index is 1.90. The Bertz CT molecular complexity index is 586. The molecule has 1 aromatic heterocycles. The minimum atomic E-state index is -4.72. The first-order chi connectivity index (χ1) is 9.84. The predicted molar refractivity (Wildman–Crippen MR) is 66.0 cm³/mol. The van der Waals surface area contributed by atoms with Crippen LogP contribution >= 0.6 is 11.8 Å². The third-order valence-electron chi connectivity index (χ3n) is 2.44. The molecule has 9 heteroatoms. The fourth-order valence-electron chi connectivity index (χ4n) is 1.39. The molecule has 1 N–H and O–H groups in total. The zero-order valence-electron chi connectivity index (χ0n) is 10.5. The molecule has 1 heterocycles. The lowest BCUT2D eigenvalue weighted by molar-refractivity contribution is -0.204. The number of benzene rings is 1. The van der Waals surface area contributed by atoms with E-state index in [2.05, 4.69) is 14.7 Å². The van der Waals surface area contributed by atoms with E-state index in [-0.39, 0.29) is 23.3 Å². The predicted octanol–water partition coefficient (Wildman–Crippen LogP) is 2.97. The normalized spacial score (nSPS) is 13.4. The second-order valence-corrected chi connectivity index (χ2v) is 5.16. The van der Waals surface area contributed by atoms with Crippen LogP contribution in [0.5, 0.6) is 0 Å². The zero-order chi connectivity index (χ0) is 15.5. The van der Waals surface area contributed by atoms with Gasteiger partial charge in [-0.1, -0.05) is 5.16 Å². The number of alkyl halides is 3. The molecule has 0 radical (unpaired) electrons.